The van der Waals surface area contributed by atoms with Gasteiger partial charge in [-0.15, -0.1) is 0 Å². The summed E-state index contributed by atoms with van der Waals surface area (Å²) in [5.74, 6) is 0.297. The number of hydrogen-bond donors (Lipinski definition) is 2. The highest BCUT2D eigenvalue weighted by atomic mass is 32.2. The summed E-state index contributed by atoms with van der Waals surface area (Å²) in [5, 5.41) is 4.39. The fraction of sp³-hybridized carbons (Fsp3) is 0.250. The van der Waals surface area contributed by atoms with Gasteiger partial charge in [-0.3, -0.25) is 0 Å². The zero-order valence-electron chi connectivity index (χ0n) is 19.6. The summed E-state index contributed by atoms with van der Waals surface area (Å²) in [6.07, 6.45) is 4.03. The van der Waals surface area contributed by atoms with E-state index in [1.807, 2.05) is 6.07 Å². The molecule has 5 rings (SSSR count). The average molecular weight is 527 g/mol. The van der Waals surface area contributed by atoms with Crippen molar-refractivity contribution in [2.45, 2.75) is 28.7 Å². The van der Waals surface area contributed by atoms with E-state index in [0.29, 0.717) is 30.8 Å². The van der Waals surface area contributed by atoms with Gasteiger partial charge in [-0.1, -0.05) is 30.3 Å². The molecular formula is C24H26N6O4S2. The number of nitrogens with one attached hydrogen (secondary N) is 1. The molecule has 2 aromatic carbocycles. The molecule has 1 fully saturated rings. The van der Waals surface area contributed by atoms with Gasteiger partial charge < -0.3 is 10.6 Å². The Balaban J connectivity index is 1.49. The molecule has 2 aromatic heterocycles. The Labute approximate surface area is 209 Å². The lowest BCUT2D eigenvalue weighted by Crippen LogP contribution is -2.47. The van der Waals surface area contributed by atoms with Crippen LogP contribution < -0.4 is 15.4 Å². The Morgan fingerprint density at radius 2 is 1.72 bits per heavy atom. The Hall–Kier alpha value is -3.48. The first-order valence-electron chi connectivity index (χ1n) is 11.4. The Bertz CT molecular complexity index is 1620. The zero-order chi connectivity index (χ0) is 25.5. The van der Waals surface area contributed by atoms with E-state index in [9.17, 15) is 16.8 Å². The molecule has 1 saturated heterocycles. The van der Waals surface area contributed by atoms with Crippen LogP contribution in [0.3, 0.4) is 0 Å². The number of fused-ring (bicyclic) bond motifs is 1. The number of sulfone groups is 1. The first-order valence-corrected chi connectivity index (χ1v) is 14.8. The second-order valence-electron chi connectivity index (χ2n) is 8.84. The van der Waals surface area contributed by atoms with E-state index in [-0.39, 0.29) is 15.8 Å². The predicted octanol–water partition coefficient (Wildman–Crippen LogP) is 2.33. The minimum Gasteiger partial charge on any atom is -0.382 e. The molecule has 3 heterocycles. The van der Waals surface area contributed by atoms with Gasteiger partial charge in [0.25, 0.3) is 0 Å². The van der Waals surface area contributed by atoms with Crippen molar-refractivity contribution in [3.63, 3.8) is 0 Å². The normalized spacial score (nSPS) is 16.9. The van der Waals surface area contributed by atoms with E-state index < -0.39 is 19.9 Å². The highest BCUT2D eigenvalue weighted by Gasteiger charge is 2.28. The van der Waals surface area contributed by atoms with Gasteiger partial charge in [-0.2, -0.15) is 5.10 Å². The lowest BCUT2D eigenvalue weighted by Gasteiger charge is -2.34. The summed E-state index contributed by atoms with van der Waals surface area (Å²) < 4.78 is 54.0. The number of hydrogen-bond acceptors (Lipinski definition) is 8. The fourth-order valence-corrected chi connectivity index (χ4v) is 6.46. The van der Waals surface area contributed by atoms with Crippen LogP contribution in [-0.4, -0.2) is 56.8 Å². The summed E-state index contributed by atoms with van der Waals surface area (Å²) in [6.45, 7) is 1.16. The van der Waals surface area contributed by atoms with Crippen molar-refractivity contribution >= 4 is 36.9 Å². The Kier molecular flexibility index (Phi) is 6.18. The summed E-state index contributed by atoms with van der Waals surface area (Å²) in [7, 11) is -6.97. The molecule has 188 valence electrons. The highest BCUT2D eigenvalue weighted by molar-refractivity contribution is 7.90. The maximum atomic E-state index is 12.9. The van der Waals surface area contributed by atoms with Crippen LogP contribution in [0, 0.1) is 0 Å². The highest BCUT2D eigenvalue weighted by Crippen LogP contribution is 2.35. The third-order valence-electron chi connectivity index (χ3n) is 6.28. The zero-order valence-corrected chi connectivity index (χ0v) is 21.2. The van der Waals surface area contributed by atoms with E-state index >= 15 is 0 Å². The van der Waals surface area contributed by atoms with Crippen LogP contribution in [0.15, 0.2) is 76.8 Å². The second kappa shape index (κ2) is 9.19. The minimum atomic E-state index is -3.65. The SMILES string of the molecule is CS(=O)(=O)c1ccc(-c2cc(N3CCC[C@@H](NS(=O)(=O)c4ccccc4)C3)c3c(N)ncnn23)cc1. The molecule has 1 aliphatic heterocycles. The molecule has 0 unspecified atom stereocenters. The molecule has 0 amide bonds. The number of nitrogens with two attached hydrogens (primary N) is 1. The van der Waals surface area contributed by atoms with Crippen molar-refractivity contribution in [1.29, 1.82) is 0 Å². The lowest BCUT2D eigenvalue weighted by molar-refractivity contribution is 0.466. The number of nitrogens with zero attached hydrogens (tertiary/aromatic N) is 4. The van der Waals surface area contributed by atoms with Crippen LogP contribution in [0.1, 0.15) is 12.8 Å². The van der Waals surface area contributed by atoms with E-state index in [0.717, 1.165) is 23.4 Å². The van der Waals surface area contributed by atoms with Gasteiger partial charge in [0.2, 0.25) is 10.0 Å². The molecule has 0 saturated carbocycles. The average Bonchev–Trinajstić information content (AvgIpc) is 3.25. The number of rotatable bonds is 6. The van der Waals surface area contributed by atoms with Crippen LogP contribution in [0.5, 0.6) is 0 Å². The van der Waals surface area contributed by atoms with Gasteiger partial charge in [0, 0.05) is 31.0 Å². The fourth-order valence-electron chi connectivity index (χ4n) is 4.55. The van der Waals surface area contributed by atoms with Gasteiger partial charge in [0.1, 0.15) is 11.8 Å². The molecular weight excluding hydrogens is 500 g/mol. The number of benzene rings is 2. The summed E-state index contributed by atoms with van der Waals surface area (Å²) in [4.78, 5) is 6.71. The molecule has 12 heteroatoms. The minimum absolute atomic E-state index is 0.228. The van der Waals surface area contributed by atoms with Crippen molar-refractivity contribution in [3.8, 4) is 11.3 Å². The number of anilines is 2. The number of piperidine rings is 1. The van der Waals surface area contributed by atoms with E-state index in [2.05, 4.69) is 19.7 Å². The molecule has 10 nitrogen and oxygen atoms in total. The number of sulfonamides is 1. The molecule has 0 bridgehead atoms. The van der Waals surface area contributed by atoms with Crippen molar-refractivity contribution in [2.75, 3.05) is 30.0 Å². The maximum Gasteiger partial charge on any atom is 0.240 e. The molecule has 3 N–H and O–H groups in total. The van der Waals surface area contributed by atoms with Crippen molar-refractivity contribution < 1.29 is 16.8 Å². The van der Waals surface area contributed by atoms with Crippen LogP contribution >= 0.6 is 0 Å². The van der Waals surface area contributed by atoms with Crippen LogP contribution in [-0.2, 0) is 19.9 Å². The maximum absolute atomic E-state index is 12.9. The van der Waals surface area contributed by atoms with Gasteiger partial charge in [0.15, 0.2) is 15.7 Å². The van der Waals surface area contributed by atoms with Crippen molar-refractivity contribution in [1.82, 2.24) is 19.3 Å². The monoisotopic (exact) mass is 526 g/mol. The summed E-state index contributed by atoms with van der Waals surface area (Å²) in [6, 6.07) is 16.5. The van der Waals surface area contributed by atoms with Crippen LogP contribution in [0.2, 0.25) is 0 Å². The smallest absolute Gasteiger partial charge is 0.240 e. The topological polar surface area (TPSA) is 140 Å². The Morgan fingerprint density at radius 1 is 1.00 bits per heavy atom. The van der Waals surface area contributed by atoms with E-state index in [1.165, 1.54) is 12.6 Å². The first-order chi connectivity index (χ1) is 17.1. The van der Waals surface area contributed by atoms with Gasteiger partial charge in [-0.25, -0.2) is 31.1 Å². The molecule has 0 aliphatic carbocycles. The van der Waals surface area contributed by atoms with Crippen molar-refractivity contribution in [2.24, 2.45) is 0 Å². The predicted molar refractivity (Wildman–Crippen MR) is 138 cm³/mol. The van der Waals surface area contributed by atoms with Crippen molar-refractivity contribution in [3.05, 3.63) is 67.0 Å². The second-order valence-corrected chi connectivity index (χ2v) is 12.6. The standard InChI is InChI=1S/C24H26N6O4S2/c1-35(31,32)19-11-9-17(10-12-19)21-14-22(23-24(25)26-16-27-30(21)23)29-13-5-6-18(15-29)28-36(33,34)20-7-3-2-4-8-20/h2-4,7-12,14,16,18,28H,5-6,13,15H2,1H3,(H2,25,26,27)/t18-/m1/s1. The summed E-state index contributed by atoms with van der Waals surface area (Å²) >= 11 is 0. The van der Waals surface area contributed by atoms with Crippen LogP contribution in [0.25, 0.3) is 16.8 Å². The van der Waals surface area contributed by atoms with Gasteiger partial charge in [-0.05, 0) is 43.2 Å². The molecule has 0 radical (unpaired) electrons. The quantitative estimate of drug-likeness (QED) is 0.390. The van der Waals surface area contributed by atoms with E-state index in [1.54, 1.807) is 59.1 Å². The third kappa shape index (κ3) is 4.66. The molecule has 1 atom stereocenters. The molecule has 0 spiro atoms. The molecule has 4 aromatic rings. The Morgan fingerprint density at radius 3 is 2.42 bits per heavy atom. The van der Waals surface area contributed by atoms with Gasteiger partial charge in [0.05, 0.1) is 21.2 Å². The number of nitrogen functional groups attached to an aromatic ring is 1. The van der Waals surface area contributed by atoms with Crippen LogP contribution in [0.4, 0.5) is 11.5 Å². The number of aromatic nitrogens is 3. The largest absolute Gasteiger partial charge is 0.382 e. The molecule has 36 heavy (non-hydrogen) atoms. The third-order valence-corrected chi connectivity index (χ3v) is 8.94. The first kappa shape index (κ1) is 24.2. The molecule has 1 aliphatic rings. The lowest BCUT2D eigenvalue weighted by atomic mass is 10.1. The summed E-state index contributed by atoms with van der Waals surface area (Å²) in [5.41, 5.74) is 9.15. The van der Waals surface area contributed by atoms with E-state index in [4.69, 9.17) is 5.73 Å². The van der Waals surface area contributed by atoms with Gasteiger partial charge >= 0.3 is 0 Å².